The molecule has 1 heterocycles. The van der Waals surface area contributed by atoms with Crippen LogP contribution in [0, 0.1) is 5.82 Å². The zero-order chi connectivity index (χ0) is 23.6. The zero-order valence-electron chi connectivity index (χ0n) is 17.0. The molecule has 0 bridgehead atoms. The highest BCUT2D eigenvalue weighted by Crippen LogP contribution is 2.29. The fraction of sp³-hybridized carbons (Fsp3) is 0.238. The van der Waals surface area contributed by atoms with Gasteiger partial charge in [-0.3, -0.25) is 14.2 Å². The summed E-state index contributed by atoms with van der Waals surface area (Å²) in [6, 6.07) is 8.67. The number of rotatable bonds is 5. The van der Waals surface area contributed by atoms with Gasteiger partial charge in [0.15, 0.2) is 0 Å². The summed E-state index contributed by atoms with van der Waals surface area (Å²) in [6.45, 7) is 2.70. The lowest BCUT2D eigenvalue weighted by Crippen LogP contribution is -2.47. The molecule has 0 saturated carbocycles. The number of nitrogens with one attached hydrogen (secondary N) is 1. The quantitative estimate of drug-likeness (QED) is 0.606. The van der Waals surface area contributed by atoms with Crippen molar-refractivity contribution in [1.29, 1.82) is 0 Å². The highest BCUT2D eigenvalue weighted by atomic mass is 19.4. The van der Waals surface area contributed by atoms with Gasteiger partial charge in [0.2, 0.25) is 5.69 Å². The normalized spacial score (nSPS) is 11.6. The Labute approximate surface area is 178 Å². The summed E-state index contributed by atoms with van der Waals surface area (Å²) in [5.74, 6) is -1.62. The second kappa shape index (κ2) is 8.77. The van der Waals surface area contributed by atoms with Gasteiger partial charge in [-0.15, -0.1) is 0 Å². The average Bonchev–Trinajstić information content (AvgIpc) is 2.71. The van der Waals surface area contributed by atoms with Crippen LogP contribution in [0.3, 0.4) is 0 Å². The maximum absolute atomic E-state index is 14.1. The fourth-order valence-electron chi connectivity index (χ4n) is 2.91. The SMILES string of the molecule is CC(C)NC(=O)c1nn(-c2cccc(C(F)(F)F)c2)c(=O)n(Cc2ccccc2F)c1=O. The zero-order valence-corrected chi connectivity index (χ0v) is 17.0. The number of alkyl halides is 3. The van der Waals surface area contributed by atoms with Crippen LogP contribution in [-0.4, -0.2) is 26.3 Å². The van der Waals surface area contributed by atoms with E-state index in [-0.39, 0.29) is 11.3 Å². The van der Waals surface area contributed by atoms with E-state index < -0.39 is 53.0 Å². The molecule has 32 heavy (non-hydrogen) atoms. The minimum Gasteiger partial charge on any atom is -0.348 e. The topological polar surface area (TPSA) is 86.0 Å². The van der Waals surface area contributed by atoms with E-state index in [1.165, 1.54) is 24.3 Å². The van der Waals surface area contributed by atoms with Crippen molar-refractivity contribution >= 4 is 5.91 Å². The third kappa shape index (κ3) is 4.76. The standard InChI is InChI=1S/C21H18F4N4O3/c1-12(2)26-18(30)17-19(31)28(11-13-6-3-4-9-16(13)22)20(32)29(27-17)15-8-5-7-14(10-15)21(23,24)25/h3-10,12H,11H2,1-2H3,(H,26,30). The third-order valence-electron chi connectivity index (χ3n) is 4.40. The number of aromatic nitrogens is 3. The molecule has 0 aliphatic rings. The first-order valence-electron chi connectivity index (χ1n) is 9.45. The van der Waals surface area contributed by atoms with Gasteiger partial charge in [0.05, 0.1) is 17.8 Å². The van der Waals surface area contributed by atoms with E-state index in [2.05, 4.69) is 10.4 Å². The molecule has 3 aromatic rings. The molecular weight excluding hydrogens is 432 g/mol. The first kappa shape index (κ1) is 22.9. The van der Waals surface area contributed by atoms with Crippen LogP contribution in [0.2, 0.25) is 0 Å². The molecule has 1 N–H and O–H groups in total. The Balaban J connectivity index is 2.26. The van der Waals surface area contributed by atoms with E-state index in [4.69, 9.17) is 0 Å². The molecule has 0 atom stereocenters. The van der Waals surface area contributed by atoms with Crippen molar-refractivity contribution in [2.75, 3.05) is 0 Å². The lowest BCUT2D eigenvalue weighted by atomic mass is 10.2. The largest absolute Gasteiger partial charge is 0.416 e. The summed E-state index contributed by atoms with van der Waals surface area (Å²) < 4.78 is 54.6. The number of nitrogens with zero attached hydrogens (tertiary/aromatic N) is 3. The molecule has 1 amide bonds. The monoisotopic (exact) mass is 450 g/mol. The van der Waals surface area contributed by atoms with Gasteiger partial charge >= 0.3 is 11.9 Å². The van der Waals surface area contributed by atoms with Gasteiger partial charge in [0.1, 0.15) is 5.82 Å². The maximum Gasteiger partial charge on any atom is 0.416 e. The number of hydrogen-bond donors (Lipinski definition) is 1. The van der Waals surface area contributed by atoms with E-state index in [1.807, 2.05) is 0 Å². The predicted molar refractivity (Wildman–Crippen MR) is 107 cm³/mol. The Bertz CT molecular complexity index is 1280. The lowest BCUT2D eigenvalue weighted by molar-refractivity contribution is -0.137. The summed E-state index contributed by atoms with van der Waals surface area (Å²) >= 11 is 0. The number of amides is 1. The van der Waals surface area contributed by atoms with Gasteiger partial charge in [-0.1, -0.05) is 24.3 Å². The molecule has 0 aliphatic carbocycles. The van der Waals surface area contributed by atoms with Crippen molar-refractivity contribution in [1.82, 2.24) is 19.7 Å². The minimum atomic E-state index is -4.70. The number of carbonyl (C=O) groups excluding carboxylic acids is 1. The minimum absolute atomic E-state index is 0.0243. The molecule has 2 aromatic carbocycles. The van der Waals surface area contributed by atoms with E-state index in [0.29, 0.717) is 15.3 Å². The summed E-state index contributed by atoms with van der Waals surface area (Å²) in [7, 11) is 0. The van der Waals surface area contributed by atoms with Crippen molar-refractivity contribution in [3.8, 4) is 5.69 Å². The van der Waals surface area contributed by atoms with Crippen LogP contribution in [0.15, 0.2) is 58.1 Å². The lowest BCUT2D eigenvalue weighted by Gasteiger charge is -2.14. The van der Waals surface area contributed by atoms with Crippen LogP contribution < -0.4 is 16.6 Å². The third-order valence-corrected chi connectivity index (χ3v) is 4.40. The number of carbonyl (C=O) groups is 1. The molecule has 0 spiro atoms. The van der Waals surface area contributed by atoms with Gasteiger partial charge in [-0.05, 0) is 38.1 Å². The van der Waals surface area contributed by atoms with Crippen molar-refractivity contribution in [3.05, 3.63) is 92.0 Å². The molecule has 0 fully saturated rings. The van der Waals surface area contributed by atoms with Crippen molar-refractivity contribution in [3.63, 3.8) is 0 Å². The molecule has 168 valence electrons. The van der Waals surface area contributed by atoms with Crippen LogP contribution in [0.1, 0.15) is 35.5 Å². The molecule has 11 heteroatoms. The second-order valence-electron chi connectivity index (χ2n) is 7.20. The Hall–Kier alpha value is -3.76. The molecular formula is C21H18F4N4O3. The molecule has 0 aliphatic heterocycles. The molecule has 3 rings (SSSR count). The van der Waals surface area contributed by atoms with Crippen LogP contribution in [0.4, 0.5) is 17.6 Å². The molecule has 0 unspecified atom stereocenters. The van der Waals surface area contributed by atoms with Gasteiger partial charge in [0, 0.05) is 11.6 Å². The van der Waals surface area contributed by atoms with Crippen molar-refractivity contribution in [2.45, 2.75) is 32.6 Å². The Morgan fingerprint density at radius 1 is 1.09 bits per heavy atom. The summed E-state index contributed by atoms with van der Waals surface area (Å²) in [5.41, 5.74) is -4.33. The Morgan fingerprint density at radius 2 is 1.78 bits per heavy atom. The van der Waals surface area contributed by atoms with E-state index >= 15 is 0 Å². The summed E-state index contributed by atoms with van der Waals surface area (Å²) in [4.78, 5) is 38.4. The van der Waals surface area contributed by atoms with Crippen LogP contribution in [0.25, 0.3) is 5.69 Å². The smallest absolute Gasteiger partial charge is 0.348 e. The van der Waals surface area contributed by atoms with Gasteiger partial charge in [-0.2, -0.15) is 23.0 Å². The first-order valence-corrected chi connectivity index (χ1v) is 9.45. The average molecular weight is 450 g/mol. The Kier molecular flexibility index (Phi) is 6.28. The fourth-order valence-corrected chi connectivity index (χ4v) is 2.91. The summed E-state index contributed by atoms with van der Waals surface area (Å²) in [6.07, 6.45) is -4.70. The van der Waals surface area contributed by atoms with Crippen molar-refractivity contribution in [2.24, 2.45) is 0 Å². The van der Waals surface area contributed by atoms with Crippen LogP contribution in [0.5, 0.6) is 0 Å². The van der Waals surface area contributed by atoms with Gasteiger partial charge < -0.3 is 5.32 Å². The van der Waals surface area contributed by atoms with Crippen LogP contribution >= 0.6 is 0 Å². The number of hydrogen-bond acceptors (Lipinski definition) is 4. The molecule has 0 radical (unpaired) electrons. The van der Waals surface area contributed by atoms with Gasteiger partial charge in [-0.25, -0.2) is 9.18 Å². The Morgan fingerprint density at radius 3 is 2.41 bits per heavy atom. The highest BCUT2D eigenvalue weighted by Gasteiger charge is 2.31. The second-order valence-corrected chi connectivity index (χ2v) is 7.20. The van der Waals surface area contributed by atoms with E-state index in [1.54, 1.807) is 13.8 Å². The maximum atomic E-state index is 14.1. The molecule has 7 nitrogen and oxygen atoms in total. The molecule has 1 aromatic heterocycles. The van der Waals surface area contributed by atoms with E-state index in [0.717, 1.165) is 18.2 Å². The van der Waals surface area contributed by atoms with E-state index in [9.17, 15) is 31.9 Å². The van der Waals surface area contributed by atoms with Crippen molar-refractivity contribution < 1.29 is 22.4 Å². The van der Waals surface area contributed by atoms with Gasteiger partial charge in [0.25, 0.3) is 11.5 Å². The first-order chi connectivity index (χ1) is 15.0. The summed E-state index contributed by atoms with van der Waals surface area (Å²) in [5, 5.41) is 6.19. The highest BCUT2D eigenvalue weighted by molar-refractivity contribution is 5.91. The number of halogens is 4. The number of benzene rings is 2. The molecule has 0 saturated heterocycles. The predicted octanol–water partition coefficient (Wildman–Crippen LogP) is 2.74. The van der Waals surface area contributed by atoms with Crippen LogP contribution in [-0.2, 0) is 12.7 Å².